The Bertz CT molecular complexity index is 560. The topological polar surface area (TPSA) is 43.3 Å². The van der Waals surface area contributed by atoms with E-state index in [1.165, 1.54) is 0 Å². The summed E-state index contributed by atoms with van der Waals surface area (Å²) in [6, 6.07) is 7.60. The minimum Gasteiger partial charge on any atom is -0.496 e. The quantitative estimate of drug-likeness (QED) is 0.899. The Labute approximate surface area is 107 Å². The van der Waals surface area contributed by atoms with Crippen molar-refractivity contribution in [3.05, 3.63) is 30.5 Å². The molecule has 1 heterocycles. The van der Waals surface area contributed by atoms with Crippen LogP contribution >= 0.6 is 0 Å². The van der Waals surface area contributed by atoms with E-state index >= 15 is 0 Å². The Morgan fingerprint density at radius 1 is 1.44 bits per heavy atom. The fourth-order valence-electron chi connectivity index (χ4n) is 2.12. The van der Waals surface area contributed by atoms with Crippen LogP contribution in [0.4, 0.5) is 0 Å². The fourth-order valence-corrected chi connectivity index (χ4v) is 2.12. The molecule has 4 heteroatoms. The van der Waals surface area contributed by atoms with Gasteiger partial charge < -0.3 is 14.6 Å². The van der Waals surface area contributed by atoms with Crippen molar-refractivity contribution in [1.82, 2.24) is 9.88 Å². The molecule has 1 atom stereocenters. The predicted molar refractivity (Wildman–Crippen MR) is 71.9 cm³/mol. The summed E-state index contributed by atoms with van der Waals surface area (Å²) in [4.78, 5) is 11.9. The number of nitrogens with one attached hydrogen (secondary N) is 1. The summed E-state index contributed by atoms with van der Waals surface area (Å²) in [5, 5.41) is 3.86. The molecule has 4 nitrogen and oxygen atoms in total. The average molecular weight is 246 g/mol. The monoisotopic (exact) mass is 246 g/mol. The van der Waals surface area contributed by atoms with Gasteiger partial charge in [-0.25, -0.2) is 0 Å². The molecule has 2 aromatic rings. The maximum Gasteiger partial charge on any atom is 0.242 e. The van der Waals surface area contributed by atoms with Gasteiger partial charge in [-0.1, -0.05) is 6.07 Å². The van der Waals surface area contributed by atoms with Crippen molar-refractivity contribution in [3.63, 3.8) is 0 Å². The molecule has 96 valence electrons. The molecule has 2 rings (SSSR count). The van der Waals surface area contributed by atoms with Crippen molar-refractivity contribution in [2.45, 2.75) is 19.9 Å². The van der Waals surface area contributed by atoms with Crippen LogP contribution in [0.5, 0.6) is 5.75 Å². The Balaban J connectivity index is 2.43. The van der Waals surface area contributed by atoms with Gasteiger partial charge in [0.25, 0.3) is 0 Å². The Hall–Kier alpha value is -1.97. The Morgan fingerprint density at radius 3 is 2.89 bits per heavy atom. The lowest BCUT2D eigenvalue weighted by Crippen LogP contribution is -2.30. The van der Waals surface area contributed by atoms with Crippen LogP contribution in [0.2, 0.25) is 0 Å². The third-order valence-corrected chi connectivity index (χ3v) is 3.09. The SMILES string of the molecule is CCNC(=O)C(C)n1ccc2c(OC)cccc21. The van der Waals surface area contributed by atoms with Crippen molar-refractivity contribution < 1.29 is 9.53 Å². The molecule has 1 N–H and O–H groups in total. The highest BCUT2D eigenvalue weighted by Crippen LogP contribution is 2.28. The maximum absolute atomic E-state index is 11.9. The van der Waals surface area contributed by atoms with E-state index in [2.05, 4.69) is 5.32 Å². The molecule has 1 aromatic carbocycles. The maximum atomic E-state index is 11.9. The first kappa shape index (κ1) is 12.5. The molecular formula is C14H18N2O2. The number of likely N-dealkylation sites (N-methyl/N-ethyl adjacent to an activating group) is 1. The summed E-state index contributed by atoms with van der Waals surface area (Å²) >= 11 is 0. The Morgan fingerprint density at radius 2 is 2.22 bits per heavy atom. The van der Waals surface area contributed by atoms with E-state index in [0.717, 1.165) is 16.7 Å². The first-order valence-electron chi connectivity index (χ1n) is 6.10. The third kappa shape index (κ3) is 2.06. The smallest absolute Gasteiger partial charge is 0.242 e. The van der Waals surface area contributed by atoms with Crippen molar-refractivity contribution in [2.24, 2.45) is 0 Å². The van der Waals surface area contributed by atoms with Crippen LogP contribution in [0.15, 0.2) is 30.5 Å². The van der Waals surface area contributed by atoms with Crippen LogP contribution in [0.25, 0.3) is 10.9 Å². The molecule has 0 saturated heterocycles. The molecule has 0 fully saturated rings. The highest BCUT2D eigenvalue weighted by atomic mass is 16.5. The molecule has 18 heavy (non-hydrogen) atoms. The number of fused-ring (bicyclic) bond motifs is 1. The second kappa shape index (κ2) is 5.12. The highest BCUT2D eigenvalue weighted by molar-refractivity contribution is 5.89. The lowest BCUT2D eigenvalue weighted by Gasteiger charge is -2.14. The van der Waals surface area contributed by atoms with Gasteiger partial charge in [-0.2, -0.15) is 0 Å². The molecule has 0 radical (unpaired) electrons. The van der Waals surface area contributed by atoms with Crippen LogP contribution < -0.4 is 10.1 Å². The van der Waals surface area contributed by atoms with Gasteiger partial charge in [0.05, 0.1) is 12.6 Å². The van der Waals surface area contributed by atoms with Gasteiger partial charge in [-0.05, 0) is 32.0 Å². The minimum atomic E-state index is -0.227. The number of aromatic nitrogens is 1. The lowest BCUT2D eigenvalue weighted by atomic mass is 10.2. The molecule has 0 aliphatic carbocycles. The van der Waals surface area contributed by atoms with Gasteiger partial charge in [-0.15, -0.1) is 0 Å². The minimum absolute atomic E-state index is 0.0258. The zero-order chi connectivity index (χ0) is 13.1. The van der Waals surface area contributed by atoms with Crippen LogP contribution in [-0.2, 0) is 4.79 Å². The molecule has 1 amide bonds. The lowest BCUT2D eigenvalue weighted by molar-refractivity contribution is -0.123. The molecule has 0 aliphatic heterocycles. The number of hydrogen-bond acceptors (Lipinski definition) is 2. The van der Waals surface area contributed by atoms with Crippen LogP contribution in [0.1, 0.15) is 19.9 Å². The van der Waals surface area contributed by atoms with Gasteiger partial charge >= 0.3 is 0 Å². The first-order valence-corrected chi connectivity index (χ1v) is 6.10. The first-order chi connectivity index (χ1) is 8.69. The highest BCUT2D eigenvalue weighted by Gasteiger charge is 2.16. The van der Waals surface area contributed by atoms with Gasteiger partial charge in [-0.3, -0.25) is 4.79 Å². The van der Waals surface area contributed by atoms with E-state index < -0.39 is 0 Å². The largest absolute Gasteiger partial charge is 0.496 e. The molecule has 1 unspecified atom stereocenters. The second-order valence-corrected chi connectivity index (χ2v) is 4.19. The number of benzene rings is 1. The average Bonchev–Trinajstić information content (AvgIpc) is 2.81. The molecule has 0 bridgehead atoms. The number of ether oxygens (including phenoxy) is 1. The molecular weight excluding hydrogens is 228 g/mol. The number of amides is 1. The van der Waals surface area contributed by atoms with Crippen LogP contribution in [0.3, 0.4) is 0 Å². The van der Waals surface area contributed by atoms with E-state index in [1.807, 2.05) is 48.9 Å². The summed E-state index contributed by atoms with van der Waals surface area (Å²) in [6.07, 6.45) is 1.92. The number of nitrogens with zero attached hydrogens (tertiary/aromatic N) is 1. The van der Waals surface area contributed by atoms with Gasteiger partial charge in [0, 0.05) is 18.1 Å². The normalized spacial score (nSPS) is 12.4. The third-order valence-electron chi connectivity index (χ3n) is 3.09. The fraction of sp³-hybridized carbons (Fsp3) is 0.357. The van der Waals surface area contributed by atoms with Crippen LogP contribution in [-0.4, -0.2) is 24.1 Å². The van der Waals surface area contributed by atoms with E-state index in [9.17, 15) is 4.79 Å². The summed E-state index contributed by atoms with van der Waals surface area (Å²) < 4.78 is 7.28. The molecule has 0 aliphatic rings. The van der Waals surface area contributed by atoms with E-state index in [1.54, 1.807) is 7.11 Å². The predicted octanol–water partition coefficient (Wildman–Crippen LogP) is 2.35. The summed E-state index contributed by atoms with van der Waals surface area (Å²) in [5.74, 6) is 0.854. The van der Waals surface area contributed by atoms with Crippen molar-refractivity contribution in [1.29, 1.82) is 0 Å². The zero-order valence-corrected chi connectivity index (χ0v) is 10.9. The molecule has 0 saturated carbocycles. The standard InChI is InChI=1S/C14H18N2O2/c1-4-15-14(17)10(2)16-9-8-11-12(16)6-5-7-13(11)18-3/h5-10H,4H2,1-3H3,(H,15,17). The number of hydrogen-bond donors (Lipinski definition) is 1. The summed E-state index contributed by atoms with van der Waals surface area (Å²) in [5.41, 5.74) is 1.01. The van der Waals surface area contributed by atoms with Gasteiger partial charge in [0.2, 0.25) is 5.91 Å². The zero-order valence-electron chi connectivity index (χ0n) is 10.9. The van der Waals surface area contributed by atoms with E-state index in [4.69, 9.17) is 4.74 Å². The number of carbonyl (C=O) groups is 1. The van der Waals surface area contributed by atoms with Crippen molar-refractivity contribution in [2.75, 3.05) is 13.7 Å². The molecule has 1 aromatic heterocycles. The summed E-state index contributed by atoms with van der Waals surface area (Å²) in [7, 11) is 1.65. The van der Waals surface area contributed by atoms with Gasteiger partial charge in [0.15, 0.2) is 0 Å². The van der Waals surface area contributed by atoms with E-state index in [-0.39, 0.29) is 11.9 Å². The van der Waals surface area contributed by atoms with Gasteiger partial charge in [0.1, 0.15) is 11.8 Å². The van der Waals surface area contributed by atoms with Crippen LogP contribution in [0, 0.1) is 0 Å². The van der Waals surface area contributed by atoms with Crippen molar-refractivity contribution >= 4 is 16.8 Å². The summed E-state index contributed by atoms with van der Waals surface area (Å²) in [6.45, 7) is 4.46. The van der Waals surface area contributed by atoms with E-state index in [0.29, 0.717) is 6.54 Å². The Kier molecular flexibility index (Phi) is 3.55. The molecule has 0 spiro atoms. The number of rotatable bonds is 4. The number of carbonyl (C=O) groups excluding carboxylic acids is 1. The van der Waals surface area contributed by atoms with Crippen molar-refractivity contribution in [3.8, 4) is 5.75 Å². The number of methoxy groups -OCH3 is 1. The second-order valence-electron chi connectivity index (χ2n) is 4.19.